The quantitative estimate of drug-likeness (QED) is 0.874. The average Bonchev–Trinajstić information content (AvgIpc) is 2.26. The Kier molecular flexibility index (Phi) is 5.03. The Morgan fingerprint density at radius 1 is 1.28 bits per heavy atom. The summed E-state index contributed by atoms with van der Waals surface area (Å²) in [4.78, 5) is 33.2. The van der Waals surface area contributed by atoms with Crippen molar-refractivity contribution in [2.75, 3.05) is 5.32 Å². The molecule has 0 fully saturated rings. The second-order valence-electron chi connectivity index (χ2n) is 3.75. The maximum atomic E-state index is 11.5. The van der Waals surface area contributed by atoms with Gasteiger partial charge in [0.15, 0.2) is 0 Å². The Morgan fingerprint density at radius 3 is 2.50 bits per heavy atom. The molecule has 2 N–H and O–H groups in total. The van der Waals surface area contributed by atoms with Crippen LogP contribution in [0.3, 0.4) is 0 Å². The van der Waals surface area contributed by atoms with Gasteiger partial charge in [-0.05, 0) is 25.1 Å². The number of aromatic carboxylic acids is 1. The van der Waals surface area contributed by atoms with Gasteiger partial charge in [0.1, 0.15) is 5.78 Å². The first-order chi connectivity index (χ1) is 8.40. The molecule has 6 heteroatoms. The van der Waals surface area contributed by atoms with Gasteiger partial charge in [-0.3, -0.25) is 4.79 Å². The molecule has 0 atom stereocenters. The van der Waals surface area contributed by atoms with Crippen LogP contribution >= 0.6 is 15.9 Å². The van der Waals surface area contributed by atoms with Crippen LogP contribution in [-0.2, 0) is 9.59 Å². The Morgan fingerprint density at radius 2 is 1.94 bits per heavy atom. The Hall–Kier alpha value is -1.69. The van der Waals surface area contributed by atoms with E-state index in [2.05, 4.69) is 21.2 Å². The molecule has 0 aliphatic carbocycles. The molecule has 1 aromatic rings. The fourth-order valence-electron chi connectivity index (χ4n) is 1.31. The van der Waals surface area contributed by atoms with Crippen molar-refractivity contribution in [2.45, 2.75) is 19.8 Å². The smallest absolute Gasteiger partial charge is 0.337 e. The van der Waals surface area contributed by atoms with Gasteiger partial charge in [0, 0.05) is 17.3 Å². The molecule has 1 amide bonds. The van der Waals surface area contributed by atoms with Crippen LogP contribution in [0.2, 0.25) is 0 Å². The highest BCUT2D eigenvalue weighted by molar-refractivity contribution is 9.10. The number of hydrogen-bond acceptors (Lipinski definition) is 3. The molecule has 0 unspecified atom stereocenters. The zero-order valence-corrected chi connectivity index (χ0v) is 11.3. The van der Waals surface area contributed by atoms with E-state index in [1.165, 1.54) is 19.1 Å². The molecule has 1 aromatic carbocycles. The Bertz CT molecular complexity index is 499. The molecule has 0 heterocycles. The lowest BCUT2D eigenvalue weighted by molar-refractivity contribution is -0.121. The summed E-state index contributed by atoms with van der Waals surface area (Å²) in [6, 6.07) is 4.48. The van der Waals surface area contributed by atoms with Crippen LogP contribution in [0.1, 0.15) is 30.1 Å². The van der Waals surface area contributed by atoms with Crippen LogP contribution in [-0.4, -0.2) is 22.8 Å². The largest absolute Gasteiger partial charge is 0.478 e. The highest BCUT2D eigenvalue weighted by Crippen LogP contribution is 2.21. The second kappa shape index (κ2) is 6.30. The van der Waals surface area contributed by atoms with E-state index < -0.39 is 5.97 Å². The van der Waals surface area contributed by atoms with Gasteiger partial charge in [0.05, 0.1) is 11.3 Å². The zero-order valence-electron chi connectivity index (χ0n) is 9.70. The van der Waals surface area contributed by atoms with Crippen molar-refractivity contribution in [1.82, 2.24) is 0 Å². The fraction of sp³-hybridized carbons (Fsp3) is 0.250. The van der Waals surface area contributed by atoms with E-state index in [1.54, 1.807) is 6.07 Å². The molecule has 5 nitrogen and oxygen atoms in total. The monoisotopic (exact) mass is 313 g/mol. The third-order valence-electron chi connectivity index (χ3n) is 2.19. The summed E-state index contributed by atoms with van der Waals surface area (Å²) in [5.74, 6) is -1.59. The van der Waals surface area contributed by atoms with Gasteiger partial charge in [-0.15, -0.1) is 0 Å². The highest BCUT2D eigenvalue weighted by atomic mass is 79.9. The predicted octanol–water partition coefficient (Wildman–Crippen LogP) is 2.46. The minimum Gasteiger partial charge on any atom is -0.478 e. The third kappa shape index (κ3) is 4.29. The van der Waals surface area contributed by atoms with Crippen LogP contribution in [0.25, 0.3) is 0 Å². The van der Waals surface area contributed by atoms with Crippen molar-refractivity contribution in [3.8, 4) is 0 Å². The van der Waals surface area contributed by atoms with E-state index in [9.17, 15) is 14.4 Å². The number of amides is 1. The van der Waals surface area contributed by atoms with Gasteiger partial charge >= 0.3 is 5.97 Å². The SMILES string of the molecule is CC(=O)CCC(=O)Nc1cc(Br)ccc1C(=O)O. The molecule has 0 bridgehead atoms. The lowest BCUT2D eigenvalue weighted by Gasteiger charge is -2.08. The topological polar surface area (TPSA) is 83.5 Å². The van der Waals surface area contributed by atoms with Gasteiger partial charge in [0.25, 0.3) is 0 Å². The van der Waals surface area contributed by atoms with Crippen molar-refractivity contribution >= 4 is 39.3 Å². The number of Topliss-reactive ketones (excluding diaryl/α,β-unsaturated/α-hetero) is 1. The van der Waals surface area contributed by atoms with Crippen molar-refractivity contribution in [3.63, 3.8) is 0 Å². The van der Waals surface area contributed by atoms with Crippen LogP contribution < -0.4 is 5.32 Å². The van der Waals surface area contributed by atoms with E-state index in [1.807, 2.05) is 0 Å². The zero-order chi connectivity index (χ0) is 13.7. The molecular formula is C12H12BrNO4. The van der Waals surface area contributed by atoms with Crippen molar-refractivity contribution < 1.29 is 19.5 Å². The number of benzene rings is 1. The van der Waals surface area contributed by atoms with E-state index in [-0.39, 0.29) is 35.8 Å². The average molecular weight is 314 g/mol. The maximum absolute atomic E-state index is 11.5. The number of carbonyl (C=O) groups is 3. The first kappa shape index (κ1) is 14.4. The predicted molar refractivity (Wildman–Crippen MR) is 69.6 cm³/mol. The number of halogens is 1. The summed E-state index contributed by atoms with van der Waals surface area (Å²) in [6.07, 6.45) is 0.184. The molecule has 96 valence electrons. The Labute approximate surface area is 112 Å². The van der Waals surface area contributed by atoms with Crippen LogP contribution in [0.5, 0.6) is 0 Å². The fourth-order valence-corrected chi connectivity index (χ4v) is 1.67. The minimum absolute atomic E-state index is 0.00868. The summed E-state index contributed by atoms with van der Waals surface area (Å²) >= 11 is 3.20. The van der Waals surface area contributed by atoms with Gasteiger partial charge in [-0.2, -0.15) is 0 Å². The second-order valence-corrected chi connectivity index (χ2v) is 4.66. The third-order valence-corrected chi connectivity index (χ3v) is 2.68. The molecule has 0 radical (unpaired) electrons. The number of carboxylic acids is 1. The molecule has 18 heavy (non-hydrogen) atoms. The first-order valence-electron chi connectivity index (χ1n) is 5.22. The lowest BCUT2D eigenvalue weighted by Crippen LogP contribution is -2.15. The summed E-state index contributed by atoms with van der Waals surface area (Å²) in [5.41, 5.74) is 0.222. The molecule has 0 saturated heterocycles. The lowest BCUT2D eigenvalue weighted by atomic mass is 10.1. The summed E-state index contributed by atoms with van der Waals surface area (Å²) in [7, 11) is 0. The van der Waals surface area contributed by atoms with E-state index in [0.717, 1.165) is 0 Å². The van der Waals surface area contributed by atoms with Crippen LogP contribution in [0, 0.1) is 0 Å². The number of nitrogens with one attached hydrogen (secondary N) is 1. The molecule has 0 aliphatic rings. The van der Waals surface area contributed by atoms with Gasteiger partial charge in [0.2, 0.25) is 5.91 Å². The molecule has 0 spiro atoms. The first-order valence-corrected chi connectivity index (χ1v) is 6.01. The van der Waals surface area contributed by atoms with Gasteiger partial charge in [-0.25, -0.2) is 4.79 Å². The van der Waals surface area contributed by atoms with Crippen molar-refractivity contribution in [2.24, 2.45) is 0 Å². The van der Waals surface area contributed by atoms with Crippen molar-refractivity contribution in [1.29, 1.82) is 0 Å². The van der Waals surface area contributed by atoms with Crippen LogP contribution in [0.4, 0.5) is 5.69 Å². The molecule has 1 rings (SSSR count). The van der Waals surface area contributed by atoms with Crippen LogP contribution in [0.15, 0.2) is 22.7 Å². The molecule has 0 aromatic heterocycles. The van der Waals surface area contributed by atoms with E-state index in [0.29, 0.717) is 4.47 Å². The molecule has 0 saturated carbocycles. The molecular weight excluding hydrogens is 302 g/mol. The standard InChI is InChI=1S/C12H12BrNO4/c1-7(15)2-5-11(16)14-10-6-8(13)3-4-9(10)12(17)18/h3-4,6H,2,5H2,1H3,(H,14,16)(H,17,18). The number of rotatable bonds is 5. The number of ketones is 1. The summed E-state index contributed by atoms with van der Waals surface area (Å²) < 4.78 is 0.661. The van der Waals surface area contributed by atoms with E-state index >= 15 is 0 Å². The minimum atomic E-state index is -1.12. The Balaban J connectivity index is 2.82. The number of anilines is 1. The summed E-state index contributed by atoms with van der Waals surface area (Å²) in [5, 5.41) is 11.5. The normalized spacial score (nSPS) is 9.89. The van der Waals surface area contributed by atoms with E-state index in [4.69, 9.17) is 5.11 Å². The van der Waals surface area contributed by atoms with Gasteiger partial charge in [-0.1, -0.05) is 15.9 Å². The summed E-state index contributed by atoms with van der Waals surface area (Å²) in [6.45, 7) is 1.40. The maximum Gasteiger partial charge on any atom is 0.337 e. The van der Waals surface area contributed by atoms with Gasteiger partial charge < -0.3 is 15.2 Å². The number of carboxylic acid groups (broad SMARTS) is 1. The number of hydrogen-bond donors (Lipinski definition) is 2. The van der Waals surface area contributed by atoms with Crippen molar-refractivity contribution in [3.05, 3.63) is 28.2 Å². The number of carbonyl (C=O) groups excluding carboxylic acids is 2. The highest BCUT2D eigenvalue weighted by Gasteiger charge is 2.13. The molecule has 0 aliphatic heterocycles.